The van der Waals surface area contributed by atoms with E-state index in [1.54, 1.807) is 11.8 Å². The van der Waals surface area contributed by atoms with Gasteiger partial charge in [0.1, 0.15) is 0 Å². The summed E-state index contributed by atoms with van der Waals surface area (Å²) in [4.78, 5) is 12.5. The minimum absolute atomic E-state index is 0.245. The van der Waals surface area contributed by atoms with Gasteiger partial charge in [0, 0.05) is 18.7 Å². The van der Waals surface area contributed by atoms with E-state index in [4.69, 9.17) is 0 Å². The first-order chi connectivity index (χ1) is 6.11. The van der Waals surface area contributed by atoms with Gasteiger partial charge >= 0.3 is 0 Å². The predicted octanol–water partition coefficient (Wildman–Crippen LogP) is 0.372. The number of nitrogens with zero attached hydrogens (tertiary/aromatic N) is 1. The lowest BCUT2D eigenvalue weighted by atomic mass is 10.3. The van der Waals surface area contributed by atoms with Gasteiger partial charge in [0.05, 0.1) is 12.6 Å². The molecule has 1 fully saturated rings. The van der Waals surface area contributed by atoms with Crippen LogP contribution in [0.25, 0.3) is 0 Å². The summed E-state index contributed by atoms with van der Waals surface area (Å²) < 4.78 is 23.8. The monoisotopic (exact) mass is 210 g/mol. The third kappa shape index (κ3) is 3.11. The van der Waals surface area contributed by atoms with Gasteiger partial charge in [0.15, 0.2) is 0 Å². The number of rotatable bonds is 3. The fourth-order valence-corrected chi connectivity index (χ4v) is 2.05. The Hall–Kier alpha value is -0.360. The van der Waals surface area contributed by atoms with Crippen molar-refractivity contribution in [3.05, 3.63) is 0 Å². The quantitative estimate of drug-likeness (QED) is 0.730. The lowest BCUT2D eigenvalue weighted by Crippen LogP contribution is -2.44. The number of carbonyl (C=O) groups is 1. The SMILES string of the molecule is CN(CC(F)F)C(=O)[C@H]1CSCN1. The summed E-state index contributed by atoms with van der Waals surface area (Å²) >= 11 is 1.60. The third-order valence-corrected chi connectivity index (χ3v) is 2.74. The highest BCUT2D eigenvalue weighted by molar-refractivity contribution is 7.99. The van der Waals surface area contributed by atoms with Crippen LogP contribution in [0.1, 0.15) is 0 Å². The van der Waals surface area contributed by atoms with E-state index in [0.29, 0.717) is 5.75 Å². The van der Waals surface area contributed by atoms with Gasteiger partial charge in [-0.05, 0) is 0 Å². The zero-order chi connectivity index (χ0) is 9.84. The second-order valence-electron chi connectivity index (χ2n) is 2.88. The summed E-state index contributed by atoms with van der Waals surface area (Å²) in [7, 11) is 1.40. The molecule has 1 rings (SSSR count). The van der Waals surface area contributed by atoms with Crippen molar-refractivity contribution in [1.29, 1.82) is 0 Å². The number of amides is 1. The molecule has 0 aromatic heterocycles. The maximum absolute atomic E-state index is 11.9. The molecule has 0 saturated carbocycles. The smallest absolute Gasteiger partial charge is 0.255 e. The molecule has 1 N–H and O–H groups in total. The lowest BCUT2D eigenvalue weighted by Gasteiger charge is -2.19. The number of hydrogen-bond acceptors (Lipinski definition) is 3. The minimum atomic E-state index is -2.46. The Bertz CT molecular complexity index is 185. The van der Waals surface area contributed by atoms with Crippen LogP contribution >= 0.6 is 11.8 Å². The fourth-order valence-electron chi connectivity index (χ4n) is 1.12. The fraction of sp³-hybridized carbons (Fsp3) is 0.857. The van der Waals surface area contributed by atoms with Crippen LogP contribution in [0.4, 0.5) is 8.78 Å². The van der Waals surface area contributed by atoms with Gasteiger partial charge in [0.2, 0.25) is 5.91 Å². The van der Waals surface area contributed by atoms with Crippen LogP contribution in [0.15, 0.2) is 0 Å². The molecular formula is C7H12F2N2OS. The summed E-state index contributed by atoms with van der Waals surface area (Å²) in [6, 6.07) is -0.284. The first-order valence-corrected chi connectivity index (χ1v) is 5.11. The van der Waals surface area contributed by atoms with Gasteiger partial charge in [-0.15, -0.1) is 11.8 Å². The summed E-state index contributed by atoms with van der Waals surface area (Å²) in [6.45, 7) is -0.484. The molecule has 1 amide bonds. The second-order valence-corrected chi connectivity index (χ2v) is 3.91. The molecule has 6 heteroatoms. The van der Waals surface area contributed by atoms with Crippen LogP contribution in [0.2, 0.25) is 0 Å². The summed E-state index contributed by atoms with van der Waals surface area (Å²) in [5.74, 6) is 1.15. The Labute approximate surface area is 79.8 Å². The molecule has 0 spiro atoms. The Balaban J connectivity index is 2.36. The van der Waals surface area contributed by atoms with E-state index in [-0.39, 0.29) is 11.9 Å². The number of halogens is 2. The zero-order valence-electron chi connectivity index (χ0n) is 7.30. The largest absolute Gasteiger partial charge is 0.339 e. The summed E-state index contributed by atoms with van der Waals surface area (Å²) in [6.07, 6.45) is -2.46. The second kappa shape index (κ2) is 4.76. The van der Waals surface area contributed by atoms with Gasteiger partial charge in [0.25, 0.3) is 6.43 Å². The highest BCUT2D eigenvalue weighted by Crippen LogP contribution is 2.11. The van der Waals surface area contributed by atoms with Crippen molar-refractivity contribution in [2.24, 2.45) is 0 Å². The van der Waals surface area contributed by atoms with E-state index in [1.165, 1.54) is 7.05 Å². The molecule has 1 saturated heterocycles. The van der Waals surface area contributed by atoms with Crippen LogP contribution in [0, 0.1) is 0 Å². The molecule has 0 radical (unpaired) electrons. The van der Waals surface area contributed by atoms with Crippen molar-refractivity contribution in [2.75, 3.05) is 25.2 Å². The number of nitrogens with one attached hydrogen (secondary N) is 1. The normalized spacial score (nSPS) is 22.3. The van der Waals surface area contributed by atoms with Crippen molar-refractivity contribution in [1.82, 2.24) is 10.2 Å². The van der Waals surface area contributed by atoms with Crippen molar-refractivity contribution in [2.45, 2.75) is 12.5 Å². The first kappa shape index (κ1) is 10.7. The maximum Gasteiger partial charge on any atom is 0.255 e. The molecule has 0 unspecified atom stereocenters. The maximum atomic E-state index is 11.9. The van der Waals surface area contributed by atoms with E-state index in [2.05, 4.69) is 5.32 Å². The molecule has 0 aromatic carbocycles. The summed E-state index contributed by atoms with van der Waals surface area (Å²) in [5, 5.41) is 2.94. The third-order valence-electron chi connectivity index (χ3n) is 1.80. The number of likely N-dealkylation sites (N-methyl/N-ethyl adjacent to an activating group) is 1. The highest BCUT2D eigenvalue weighted by atomic mass is 32.2. The average Bonchev–Trinajstić information content (AvgIpc) is 2.53. The van der Waals surface area contributed by atoms with Crippen molar-refractivity contribution in [3.63, 3.8) is 0 Å². The molecule has 76 valence electrons. The Morgan fingerprint density at radius 3 is 2.92 bits per heavy atom. The lowest BCUT2D eigenvalue weighted by molar-refractivity contribution is -0.133. The van der Waals surface area contributed by atoms with Gasteiger partial charge in [-0.3, -0.25) is 10.1 Å². The van der Waals surface area contributed by atoms with Crippen molar-refractivity contribution < 1.29 is 13.6 Å². The van der Waals surface area contributed by atoms with E-state index < -0.39 is 13.0 Å². The standard InChI is InChI=1S/C7H12F2N2OS/c1-11(2-6(8)9)7(12)5-3-13-4-10-5/h5-6,10H,2-4H2,1H3/t5-/m1/s1. The average molecular weight is 210 g/mol. The van der Waals surface area contributed by atoms with Gasteiger partial charge < -0.3 is 4.90 Å². The molecular weight excluding hydrogens is 198 g/mol. The topological polar surface area (TPSA) is 32.3 Å². The van der Waals surface area contributed by atoms with Crippen LogP contribution in [0.3, 0.4) is 0 Å². The minimum Gasteiger partial charge on any atom is -0.339 e. The number of carbonyl (C=O) groups excluding carboxylic acids is 1. The Morgan fingerprint density at radius 2 is 2.46 bits per heavy atom. The van der Waals surface area contributed by atoms with E-state index >= 15 is 0 Å². The van der Waals surface area contributed by atoms with Crippen LogP contribution in [-0.4, -0.2) is 48.5 Å². The van der Waals surface area contributed by atoms with E-state index in [1.807, 2.05) is 0 Å². The molecule has 0 aliphatic carbocycles. The molecule has 0 bridgehead atoms. The molecule has 1 aliphatic heterocycles. The Morgan fingerprint density at radius 1 is 1.77 bits per heavy atom. The van der Waals surface area contributed by atoms with Gasteiger partial charge in [-0.25, -0.2) is 8.78 Å². The number of thioether (sulfide) groups is 1. The highest BCUT2D eigenvalue weighted by Gasteiger charge is 2.26. The molecule has 13 heavy (non-hydrogen) atoms. The number of hydrogen-bond donors (Lipinski definition) is 1. The molecule has 3 nitrogen and oxygen atoms in total. The number of alkyl halides is 2. The molecule has 0 aromatic rings. The van der Waals surface area contributed by atoms with Crippen LogP contribution in [0.5, 0.6) is 0 Å². The molecule has 1 heterocycles. The van der Waals surface area contributed by atoms with Crippen molar-refractivity contribution >= 4 is 17.7 Å². The molecule has 1 aliphatic rings. The first-order valence-electron chi connectivity index (χ1n) is 3.95. The van der Waals surface area contributed by atoms with Crippen molar-refractivity contribution in [3.8, 4) is 0 Å². The predicted molar refractivity (Wildman–Crippen MR) is 47.9 cm³/mol. The Kier molecular flexibility index (Phi) is 3.92. The summed E-state index contributed by atoms with van der Waals surface area (Å²) in [5.41, 5.74) is 0. The molecule has 1 atom stereocenters. The van der Waals surface area contributed by atoms with Crippen LogP contribution in [-0.2, 0) is 4.79 Å². The van der Waals surface area contributed by atoms with E-state index in [9.17, 15) is 13.6 Å². The van der Waals surface area contributed by atoms with Gasteiger partial charge in [-0.1, -0.05) is 0 Å². The van der Waals surface area contributed by atoms with Gasteiger partial charge in [-0.2, -0.15) is 0 Å². The van der Waals surface area contributed by atoms with E-state index in [0.717, 1.165) is 10.8 Å². The van der Waals surface area contributed by atoms with Crippen LogP contribution < -0.4 is 5.32 Å². The zero-order valence-corrected chi connectivity index (χ0v) is 8.11.